The molecule has 2 N–H and O–H groups in total. The summed E-state index contributed by atoms with van der Waals surface area (Å²) in [6.45, 7) is 2.01. The summed E-state index contributed by atoms with van der Waals surface area (Å²) in [6, 6.07) is 6.79. The topological polar surface area (TPSA) is 67.4 Å². The number of thiophene rings is 1. The molecule has 1 heterocycles. The molecule has 0 unspecified atom stereocenters. The lowest BCUT2D eigenvalue weighted by molar-refractivity contribution is 0.0527. The van der Waals surface area contributed by atoms with E-state index in [4.69, 9.17) is 39.5 Å². The van der Waals surface area contributed by atoms with Crippen LogP contribution in [0.5, 0.6) is 0 Å². The summed E-state index contributed by atoms with van der Waals surface area (Å²) in [4.78, 5) is 26.3. The number of esters is 1. The van der Waals surface area contributed by atoms with Gasteiger partial charge in [0.15, 0.2) is 0 Å². The van der Waals surface area contributed by atoms with Gasteiger partial charge in [-0.05, 0) is 56.0 Å². The molecule has 1 aromatic carbocycles. The second-order valence-corrected chi connectivity index (χ2v) is 10.8. The van der Waals surface area contributed by atoms with Crippen molar-refractivity contribution in [1.29, 1.82) is 0 Å². The van der Waals surface area contributed by atoms with Crippen LogP contribution in [0.15, 0.2) is 28.7 Å². The molecule has 0 saturated carbocycles. The fourth-order valence-electron chi connectivity index (χ4n) is 3.07. The Balaban J connectivity index is 1.87. The van der Waals surface area contributed by atoms with Gasteiger partial charge < -0.3 is 15.4 Å². The summed E-state index contributed by atoms with van der Waals surface area (Å²) in [5, 5.41) is 6.27. The van der Waals surface area contributed by atoms with E-state index in [0.717, 1.165) is 34.2 Å². The molecular weight excluding hydrogens is 523 g/mol. The second-order valence-electron chi connectivity index (χ2n) is 6.38. The van der Waals surface area contributed by atoms with Gasteiger partial charge in [0.2, 0.25) is 3.79 Å². The number of amides is 1. The third-order valence-electron chi connectivity index (χ3n) is 4.39. The number of halogens is 4. The standard InChI is InChI=1S/C19H18BrCl3N2O3S/c1-2-28-17(27)14-12-4-3-5-13(12)29-16(14)25-18(19(21,22)23)24-15(26)10-6-8-11(20)9-7-10/h6-9,18,25H,2-5H2,1H3,(H,24,26)/t18-/m0/s1. The van der Waals surface area contributed by atoms with Gasteiger partial charge in [0.25, 0.3) is 5.91 Å². The number of rotatable bonds is 6. The number of alkyl halides is 3. The van der Waals surface area contributed by atoms with Gasteiger partial charge in [0, 0.05) is 14.9 Å². The molecular formula is C19H18BrCl3N2O3S. The van der Waals surface area contributed by atoms with Crippen LogP contribution in [0.2, 0.25) is 0 Å². The van der Waals surface area contributed by atoms with Crippen molar-refractivity contribution in [2.45, 2.75) is 36.1 Å². The fraction of sp³-hybridized carbons (Fsp3) is 0.368. The Bertz CT molecular complexity index is 913. The van der Waals surface area contributed by atoms with Crippen LogP contribution < -0.4 is 10.6 Å². The first-order valence-corrected chi connectivity index (χ1v) is 11.7. The highest BCUT2D eigenvalue weighted by atomic mass is 79.9. The van der Waals surface area contributed by atoms with Crippen LogP contribution >= 0.6 is 62.1 Å². The van der Waals surface area contributed by atoms with Crippen LogP contribution in [0.4, 0.5) is 5.00 Å². The quantitative estimate of drug-likeness (QED) is 0.280. The summed E-state index contributed by atoms with van der Waals surface area (Å²) >= 11 is 23.1. The molecule has 10 heteroatoms. The SMILES string of the molecule is CCOC(=O)c1c(N[C@H](NC(=O)c2ccc(Br)cc2)C(Cl)(Cl)Cl)sc2c1CCC2. The van der Waals surface area contributed by atoms with E-state index in [2.05, 4.69) is 26.6 Å². The lowest BCUT2D eigenvalue weighted by Crippen LogP contribution is -2.49. The Morgan fingerprint density at radius 3 is 2.55 bits per heavy atom. The predicted octanol–water partition coefficient (Wildman–Crippen LogP) is 5.71. The van der Waals surface area contributed by atoms with Crippen LogP contribution in [-0.4, -0.2) is 28.4 Å². The van der Waals surface area contributed by atoms with Gasteiger partial charge in [-0.25, -0.2) is 4.79 Å². The third-order valence-corrected chi connectivity index (χ3v) is 6.79. The minimum absolute atomic E-state index is 0.261. The van der Waals surface area contributed by atoms with Gasteiger partial charge in [0.05, 0.1) is 12.2 Å². The molecule has 0 bridgehead atoms. The van der Waals surface area contributed by atoms with Crippen molar-refractivity contribution in [1.82, 2.24) is 5.32 Å². The van der Waals surface area contributed by atoms with E-state index < -0.39 is 21.8 Å². The Morgan fingerprint density at radius 1 is 1.24 bits per heavy atom. The van der Waals surface area contributed by atoms with E-state index in [-0.39, 0.29) is 6.61 Å². The van der Waals surface area contributed by atoms with E-state index in [1.807, 2.05) is 0 Å². The Labute approximate surface area is 196 Å². The maximum atomic E-state index is 12.6. The van der Waals surface area contributed by atoms with Crippen molar-refractivity contribution in [3.8, 4) is 0 Å². The highest BCUT2D eigenvalue weighted by Crippen LogP contribution is 2.41. The van der Waals surface area contributed by atoms with Crippen molar-refractivity contribution in [2.24, 2.45) is 0 Å². The van der Waals surface area contributed by atoms with Gasteiger partial charge in [-0.15, -0.1) is 11.3 Å². The number of benzene rings is 1. The zero-order valence-corrected chi connectivity index (χ0v) is 20.0. The molecule has 156 valence electrons. The monoisotopic (exact) mass is 538 g/mol. The van der Waals surface area contributed by atoms with Gasteiger partial charge in [0.1, 0.15) is 11.2 Å². The predicted molar refractivity (Wildman–Crippen MR) is 122 cm³/mol. The number of carbonyl (C=O) groups excluding carboxylic acids is 2. The van der Waals surface area contributed by atoms with Crippen molar-refractivity contribution in [3.63, 3.8) is 0 Å². The third kappa shape index (κ3) is 5.39. The van der Waals surface area contributed by atoms with Crippen molar-refractivity contribution >= 4 is 78.9 Å². The first kappa shape index (κ1) is 22.7. The Kier molecular flexibility index (Phi) is 7.38. The zero-order chi connectivity index (χ0) is 21.2. The molecule has 1 amide bonds. The summed E-state index contributed by atoms with van der Waals surface area (Å²) < 4.78 is 4.21. The molecule has 0 fully saturated rings. The molecule has 0 saturated heterocycles. The highest BCUT2D eigenvalue weighted by Gasteiger charge is 2.37. The first-order valence-electron chi connectivity index (χ1n) is 8.92. The minimum atomic E-state index is -1.86. The molecule has 1 aliphatic rings. The normalized spacial score (nSPS) is 14.2. The van der Waals surface area contributed by atoms with Crippen LogP contribution in [0.25, 0.3) is 0 Å². The van der Waals surface area contributed by atoms with E-state index in [1.165, 1.54) is 11.3 Å². The van der Waals surface area contributed by atoms with Crippen molar-refractivity contribution < 1.29 is 14.3 Å². The molecule has 3 rings (SSSR count). The molecule has 0 spiro atoms. The van der Waals surface area contributed by atoms with Gasteiger partial charge in [-0.1, -0.05) is 50.7 Å². The van der Waals surface area contributed by atoms with Gasteiger partial charge in [-0.3, -0.25) is 4.79 Å². The van der Waals surface area contributed by atoms with Gasteiger partial charge in [-0.2, -0.15) is 0 Å². The molecule has 1 atom stereocenters. The van der Waals surface area contributed by atoms with Crippen LogP contribution in [-0.2, 0) is 17.6 Å². The van der Waals surface area contributed by atoms with E-state index in [9.17, 15) is 9.59 Å². The molecule has 2 aromatic rings. The number of nitrogens with one attached hydrogen (secondary N) is 2. The average molecular weight is 541 g/mol. The maximum Gasteiger partial charge on any atom is 0.341 e. The zero-order valence-electron chi connectivity index (χ0n) is 15.4. The fourth-order valence-corrected chi connectivity index (χ4v) is 4.97. The number of carbonyl (C=O) groups is 2. The van der Waals surface area contributed by atoms with Crippen LogP contribution in [0.3, 0.4) is 0 Å². The molecule has 1 aromatic heterocycles. The summed E-state index contributed by atoms with van der Waals surface area (Å²) in [6.07, 6.45) is 1.61. The van der Waals surface area contributed by atoms with E-state index >= 15 is 0 Å². The molecule has 29 heavy (non-hydrogen) atoms. The van der Waals surface area contributed by atoms with E-state index in [0.29, 0.717) is 16.1 Å². The van der Waals surface area contributed by atoms with E-state index in [1.54, 1.807) is 31.2 Å². The smallest absolute Gasteiger partial charge is 0.341 e. The lowest BCUT2D eigenvalue weighted by atomic mass is 10.1. The largest absolute Gasteiger partial charge is 0.462 e. The number of ether oxygens (including phenoxy) is 1. The molecule has 1 aliphatic carbocycles. The number of hydrogen-bond acceptors (Lipinski definition) is 5. The number of aryl methyl sites for hydroxylation is 1. The van der Waals surface area contributed by atoms with Crippen molar-refractivity contribution in [2.75, 3.05) is 11.9 Å². The molecule has 0 radical (unpaired) electrons. The summed E-state index contributed by atoms with van der Waals surface area (Å²) in [5.41, 5.74) is 1.84. The Hall–Kier alpha value is -0.990. The molecule has 5 nitrogen and oxygen atoms in total. The van der Waals surface area contributed by atoms with Gasteiger partial charge >= 0.3 is 5.97 Å². The number of hydrogen-bond donors (Lipinski definition) is 2. The first-order chi connectivity index (χ1) is 13.7. The summed E-state index contributed by atoms with van der Waals surface area (Å²) in [5.74, 6) is -0.834. The Morgan fingerprint density at radius 2 is 1.93 bits per heavy atom. The summed E-state index contributed by atoms with van der Waals surface area (Å²) in [7, 11) is 0. The van der Waals surface area contributed by atoms with Crippen LogP contribution in [0.1, 0.15) is 44.5 Å². The van der Waals surface area contributed by atoms with Crippen LogP contribution in [0, 0.1) is 0 Å². The highest BCUT2D eigenvalue weighted by molar-refractivity contribution is 9.10. The number of anilines is 1. The second kappa shape index (κ2) is 9.43. The molecule has 0 aliphatic heterocycles. The van der Waals surface area contributed by atoms with Crippen molar-refractivity contribution in [3.05, 3.63) is 50.3 Å². The maximum absolute atomic E-state index is 12.6. The average Bonchev–Trinajstić information content (AvgIpc) is 3.21. The lowest BCUT2D eigenvalue weighted by Gasteiger charge is -2.27. The number of fused-ring (bicyclic) bond motifs is 1. The minimum Gasteiger partial charge on any atom is -0.462 e.